The van der Waals surface area contributed by atoms with Crippen molar-refractivity contribution in [1.29, 1.82) is 0 Å². The van der Waals surface area contributed by atoms with E-state index >= 15 is 0 Å². The normalized spacial score (nSPS) is 15.7. The van der Waals surface area contributed by atoms with Gasteiger partial charge in [0.2, 0.25) is 11.7 Å². The molecule has 146 valence electrons. The molecule has 0 spiro atoms. The summed E-state index contributed by atoms with van der Waals surface area (Å²) in [5.74, 6) is 1.65. The number of rotatable bonds is 5. The van der Waals surface area contributed by atoms with Gasteiger partial charge in [0, 0.05) is 19.2 Å². The maximum absolute atomic E-state index is 12.5. The number of fused-ring (bicyclic) bond motifs is 1. The average Bonchev–Trinajstić information content (AvgIpc) is 3.26. The van der Waals surface area contributed by atoms with Gasteiger partial charge in [0.05, 0.1) is 18.5 Å². The van der Waals surface area contributed by atoms with Crippen LogP contribution in [0.2, 0.25) is 0 Å². The second kappa shape index (κ2) is 8.25. The molecule has 1 saturated heterocycles. The van der Waals surface area contributed by atoms with Gasteiger partial charge in [-0.25, -0.2) is 0 Å². The van der Waals surface area contributed by atoms with Gasteiger partial charge in [-0.3, -0.25) is 4.79 Å². The number of ether oxygens (including phenoxy) is 3. The lowest BCUT2D eigenvalue weighted by Crippen LogP contribution is -2.20. The Kier molecular flexibility index (Phi) is 5.37. The minimum absolute atomic E-state index is 0.180. The lowest BCUT2D eigenvalue weighted by molar-refractivity contribution is -0.111. The zero-order chi connectivity index (χ0) is 19.3. The summed E-state index contributed by atoms with van der Waals surface area (Å²) in [7, 11) is 1.59. The molecule has 2 heterocycles. The number of anilines is 2. The summed E-state index contributed by atoms with van der Waals surface area (Å²) in [6.45, 7) is 3.05. The molecule has 28 heavy (non-hydrogen) atoms. The fourth-order valence-electron chi connectivity index (χ4n) is 3.55. The van der Waals surface area contributed by atoms with Crippen LogP contribution in [-0.2, 0) is 4.79 Å². The topological polar surface area (TPSA) is 60.0 Å². The molecule has 1 N–H and O–H groups in total. The molecule has 1 amide bonds. The van der Waals surface area contributed by atoms with E-state index in [0.717, 1.165) is 30.0 Å². The third-order valence-corrected chi connectivity index (χ3v) is 4.89. The van der Waals surface area contributed by atoms with Crippen molar-refractivity contribution in [3.05, 3.63) is 48.0 Å². The summed E-state index contributed by atoms with van der Waals surface area (Å²) < 4.78 is 16.6. The Labute approximate surface area is 164 Å². The number of hydrogen-bond donors (Lipinski definition) is 1. The zero-order valence-electron chi connectivity index (χ0n) is 15.9. The molecule has 6 heteroatoms. The van der Waals surface area contributed by atoms with Gasteiger partial charge in [0.1, 0.15) is 13.2 Å². The van der Waals surface area contributed by atoms with Crippen LogP contribution in [0.5, 0.6) is 17.2 Å². The monoisotopic (exact) mass is 380 g/mol. The van der Waals surface area contributed by atoms with Gasteiger partial charge < -0.3 is 24.4 Å². The first-order valence-electron chi connectivity index (χ1n) is 9.55. The van der Waals surface area contributed by atoms with Crippen LogP contribution in [-0.4, -0.2) is 39.3 Å². The van der Waals surface area contributed by atoms with Crippen molar-refractivity contribution in [3.8, 4) is 17.2 Å². The Morgan fingerprint density at radius 2 is 1.93 bits per heavy atom. The number of para-hydroxylation sites is 2. The number of carbonyl (C=O) groups excluding carboxylic acids is 1. The summed E-state index contributed by atoms with van der Waals surface area (Å²) >= 11 is 0. The first-order valence-corrected chi connectivity index (χ1v) is 9.55. The molecular weight excluding hydrogens is 356 g/mol. The third kappa shape index (κ3) is 3.91. The van der Waals surface area contributed by atoms with Gasteiger partial charge in [0.25, 0.3) is 0 Å². The van der Waals surface area contributed by atoms with Crippen molar-refractivity contribution in [2.24, 2.45) is 0 Å². The fraction of sp³-hybridized carbons (Fsp3) is 0.318. The minimum atomic E-state index is -0.180. The predicted octanol–water partition coefficient (Wildman–Crippen LogP) is 3.72. The quantitative estimate of drug-likeness (QED) is 0.801. The van der Waals surface area contributed by atoms with E-state index in [4.69, 9.17) is 14.2 Å². The molecule has 1 fully saturated rings. The second-order valence-electron chi connectivity index (χ2n) is 6.78. The molecule has 2 aliphatic heterocycles. The first kappa shape index (κ1) is 18.2. The molecule has 0 aliphatic carbocycles. The number of benzene rings is 2. The van der Waals surface area contributed by atoms with Crippen molar-refractivity contribution in [2.45, 2.75) is 12.8 Å². The molecule has 2 aliphatic rings. The van der Waals surface area contributed by atoms with Gasteiger partial charge in [-0.15, -0.1) is 0 Å². The summed E-state index contributed by atoms with van der Waals surface area (Å²) in [6, 6.07) is 11.6. The minimum Gasteiger partial charge on any atom is -0.493 e. The van der Waals surface area contributed by atoms with Gasteiger partial charge in [0.15, 0.2) is 11.5 Å². The van der Waals surface area contributed by atoms with E-state index in [1.165, 1.54) is 18.9 Å². The lowest BCUT2D eigenvalue weighted by atomic mass is 10.1. The highest BCUT2D eigenvalue weighted by molar-refractivity contribution is 6.03. The SMILES string of the molecule is COc1cc(/C=C/C(=O)Nc2ccccc2N2CCCC2)cc2c1OCCO2. The number of methoxy groups -OCH3 is 1. The van der Waals surface area contributed by atoms with Crippen LogP contribution >= 0.6 is 0 Å². The molecule has 4 rings (SSSR count). The van der Waals surface area contributed by atoms with E-state index < -0.39 is 0 Å². The Morgan fingerprint density at radius 3 is 2.75 bits per heavy atom. The second-order valence-corrected chi connectivity index (χ2v) is 6.78. The van der Waals surface area contributed by atoms with Gasteiger partial charge in [-0.2, -0.15) is 0 Å². The van der Waals surface area contributed by atoms with Crippen molar-refractivity contribution in [1.82, 2.24) is 0 Å². The highest BCUT2D eigenvalue weighted by Crippen LogP contribution is 2.40. The van der Waals surface area contributed by atoms with Gasteiger partial charge >= 0.3 is 0 Å². The fourth-order valence-corrected chi connectivity index (χ4v) is 3.55. The van der Waals surface area contributed by atoms with Crippen LogP contribution in [0.25, 0.3) is 6.08 Å². The number of hydrogen-bond acceptors (Lipinski definition) is 5. The molecule has 0 atom stereocenters. The largest absolute Gasteiger partial charge is 0.493 e. The summed E-state index contributed by atoms with van der Waals surface area (Å²) in [5, 5.41) is 2.99. The molecule has 0 radical (unpaired) electrons. The van der Waals surface area contributed by atoms with E-state index in [0.29, 0.717) is 30.5 Å². The van der Waals surface area contributed by atoms with Crippen molar-refractivity contribution in [2.75, 3.05) is 43.6 Å². The standard InChI is InChI=1S/C22H24N2O4/c1-26-19-14-16(15-20-22(19)28-13-12-27-20)8-9-21(25)23-17-6-2-3-7-18(17)24-10-4-5-11-24/h2-3,6-9,14-15H,4-5,10-13H2,1H3,(H,23,25)/b9-8+. The Balaban J connectivity index is 1.49. The van der Waals surface area contributed by atoms with Crippen LogP contribution < -0.4 is 24.4 Å². The molecule has 2 aromatic carbocycles. The summed E-state index contributed by atoms with van der Waals surface area (Å²) in [4.78, 5) is 14.8. The number of amides is 1. The van der Waals surface area contributed by atoms with E-state index in [1.54, 1.807) is 13.2 Å². The molecule has 0 aromatic heterocycles. The number of carbonyl (C=O) groups is 1. The number of nitrogens with zero attached hydrogens (tertiary/aromatic N) is 1. The Hall–Kier alpha value is -3.15. The van der Waals surface area contributed by atoms with Crippen LogP contribution in [0, 0.1) is 0 Å². The first-order chi connectivity index (χ1) is 13.7. The molecule has 0 unspecified atom stereocenters. The van der Waals surface area contributed by atoms with E-state index in [2.05, 4.69) is 16.3 Å². The zero-order valence-corrected chi connectivity index (χ0v) is 15.9. The van der Waals surface area contributed by atoms with Crippen molar-refractivity contribution < 1.29 is 19.0 Å². The molecule has 2 aromatic rings. The van der Waals surface area contributed by atoms with Crippen LogP contribution in [0.15, 0.2) is 42.5 Å². The maximum atomic E-state index is 12.5. The highest BCUT2D eigenvalue weighted by atomic mass is 16.6. The van der Waals surface area contributed by atoms with Gasteiger partial charge in [-0.1, -0.05) is 12.1 Å². The summed E-state index contributed by atoms with van der Waals surface area (Å²) in [5.41, 5.74) is 2.71. The van der Waals surface area contributed by atoms with E-state index in [9.17, 15) is 4.79 Å². The molecule has 6 nitrogen and oxygen atoms in total. The van der Waals surface area contributed by atoms with Crippen molar-refractivity contribution >= 4 is 23.4 Å². The number of nitrogens with one attached hydrogen (secondary N) is 1. The van der Waals surface area contributed by atoms with E-state index in [1.807, 2.05) is 30.3 Å². The van der Waals surface area contributed by atoms with E-state index in [-0.39, 0.29) is 5.91 Å². The third-order valence-electron chi connectivity index (χ3n) is 4.89. The maximum Gasteiger partial charge on any atom is 0.248 e. The molecule has 0 bridgehead atoms. The highest BCUT2D eigenvalue weighted by Gasteiger charge is 2.18. The van der Waals surface area contributed by atoms with Gasteiger partial charge in [-0.05, 0) is 48.7 Å². The predicted molar refractivity (Wildman–Crippen MR) is 110 cm³/mol. The van der Waals surface area contributed by atoms with Crippen LogP contribution in [0.3, 0.4) is 0 Å². The molecule has 0 saturated carbocycles. The van der Waals surface area contributed by atoms with Crippen LogP contribution in [0.4, 0.5) is 11.4 Å². The van der Waals surface area contributed by atoms with Crippen molar-refractivity contribution in [3.63, 3.8) is 0 Å². The smallest absolute Gasteiger partial charge is 0.248 e. The Bertz CT molecular complexity index is 871. The lowest BCUT2D eigenvalue weighted by Gasteiger charge is -2.21. The Morgan fingerprint density at radius 1 is 1.14 bits per heavy atom. The summed E-state index contributed by atoms with van der Waals surface area (Å²) in [6.07, 6.45) is 5.64. The van der Waals surface area contributed by atoms with Crippen LogP contribution in [0.1, 0.15) is 18.4 Å². The molecular formula is C22H24N2O4. The average molecular weight is 380 g/mol.